The van der Waals surface area contributed by atoms with E-state index >= 15 is 0 Å². The fraction of sp³-hybridized carbons (Fsp3) is 0.414. The summed E-state index contributed by atoms with van der Waals surface area (Å²) in [5.74, 6) is 8.17. The Morgan fingerprint density at radius 3 is 2.74 bits per heavy atom. The number of carbonyl (C=O) groups excluding carboxylic acids is 1. The van der Waals surface area contributed by atoms with E-state index in [0.717, 1.165) is 54.1 Å². The Hall–Kier alpha value is -4.03. The maximum absolute atomic E-state index is 12.5. The molecular formula is C29H33N5O4. The average Bonchev–Trinajstić information content (AvgIpc) is 3.32. The molecule has 5 rings (SSSR count). The third-order valence-corrected chi connectivity index (χ3v) is 7.02. The minimum atomic E-state index is 0.0285. The van der Waals surface area contributed by atoms with E-state index in [0.29, 0.717) is 42.6 Å². The van der Waals surface area contributed by atoms with Gasteiger partial charge in [-0.1, -0.05) is 18.1 Å². The van der Waals surface area contributed by atoms with Crippen molar-refractivity contribution in [1.29, 1.82) is 0 Å². The quantitative estimate of drug-likeness (QED) is 0.498. The molecule has 1 saturated carbocycles. The molecule has 3 N–H and O–H groups in total. The van der Waals surface area contributed by atoms with Crippen LogP contribution in [0.2, 0.25) is 0 Å². The summed E-state index contributed by atoms with van der Waals surface area (Å²) in [6.07, 6.45) is 10.7. The van der Waals surface area contributed by atoms with Crippen LogP contribution in [-0.4, -0.2) is 54.1 Å². The number of carbonyl (C=O) groups is 1. The largest absolute Gasteiger partial charge is 0.497 e. The summed E-state index contributed by atoms with van der Waals surface area (Å²) in [4.78, 5) is 17.0. The van der Waals surface area contributed by atoms with Gasteiger partial charge in [0.05, 0.1) is 44.4 Å². The number of nitrogens with one attached hydrogen (secondary N) is 1. The third-order valence-electron chi connectivity index (χ3n) is 7.02. The lowest BCUT2D eigenvalue weighted by Gasteiger charge is -2.30. The van der Waals surface area contributed by atoms with Crippen molar-refractivity contribution < 1.29 is 19.0 Å². The maximum Gasteiger partial charge on any atom is 0.222 e. The predicted octanol–water partition coefficient (Wildman–Crippen LogP) is 3.85. The highest BCUT2D eigenvalue weighted by molar-refractivity contribution is 5.98. The van der Waals surface area contributed by atoms with Crippen molar-refractivity contribution in [2.45, 2.75) is 50.6 Å². The molecule has 1 unspecified atom stereocenters. The summed E-state index contributed by atoms with van der Waals surface area (Å²) in [7, 11) is 3.22. The molecule has 1 fully saturated rings. The van der Waals surface area contributed by atoms with E-state index in [1.807, 2.05) is 18.2 Å². The number of amides is 1. The summed E-state index contributed by atoms with van der Waals surface area (Å²) in [6, 6.07) is 5.69. The lowest BCUT2D eigenvalue weighted by molar-refractivity contribution is -0.123. The molecule has 1 aromatic carbocycles. The van der Waals surface area contributed by atoms with Gasteiger partial charge >= 0.3 is 0 Å². The van der Waals surface area contributed by atoms with Gasteiger partial charge in [-0.15, -0.1) is 0 Å². The molecule has 2 atom stereocenters. The van der Waals surface area contributed by atoms with Crippen LogP contribution in [0, 0.1) is 11.8 Å². The van der Waals surface area contributed by atoms with E-state index in [9.17, 15) is 4.79 Å². The fourth-order valence-corrected chi connectivity index (χ4v) is 5.15. The number of ether oxygens (including phenoxy) is 3. The summed E-state index contributed by atoms with van der Waals surface area (Å²) in [6.45, 7) is 0.966. The van der Waals surface area contributed by atoms with Crippen molar-refractivity contribution in [3.05, 3.63) is 47.3 Å². The van der Waals surface area contributed by atoms with Crippen LogP contribution in [0.1, 0.15) is 61.4 Å². The maximum atomic E-state index is 12.5. The Balaban J connectivity index is 1.62. The molecule has 9 nitrogen and oxygen atoms in total. The van der Waals surface area contributed by atoms with Crippen molar-refractivity contribution in [1.82, 2.24) is 20.1 Å². The molecule has 0 spiro atoms. The van der Waals surface area contributed by atoms with Crippen LogP contribution in [0.15, 0.2) is 30.5 Å². The van der Waals surface area contributed by atoms with Gasteiger partial charge in [0.2, 0.25) is 5.91 Å². The number of rotatable bonds is 2. The molecule has 9 heteroatoms. The molecule has 0 radical (unpaired) electrons. The predicted molar refractivity (Wildman–Crippen MR) is 146 cm³/mol. The molecule has 1 aliphatic heterocycles. The number of nitrogen functional groups attached to an aromatic ring is 1. The summed E-state index contributed by atoms with van der Waals surface area (Å²) < 4.78 is 18.5. The van der Waals surface area contributed by atoms with Crippen molar-refractivity contribution >= 4 is 28.7 Å². The van der Waals surface area contributed by atoms with Crippen LogP contribution in [0.25, 0.3) is 17.0 Å². The van der Waals surface area contributed by atoms with Crippen LogP contribution in [-0.2, 0) is 9.53 Å². The number of anilines is 1. The number of nitrogens with zero attached hydrogens (tertiary/aromatic N) is 3. The molecule has 1 aliphatic carbocycles. The number of methoxy groups -OCH3 is 2. The summed E-state index contributed by atoms with van der Waals surface area (Å²) >= 11 is 0. The first-order valence-corrected chi connectivity index (χ1v) is 13.0. The van der Waals surface area contributed by atoms with Gasteiger partial charge in [0.1, 0.15) is 23.0 Å². The molecule has 198 valence electrons. The molecule has 1 amide bonds. The third kappa shape index (κ3) is 5.60. The number of hydrogen-bond donors (Lipinski definition) is 2. The molecule has 2 bridgehead atoms. The Bertz CT molecular complexity index is 1400. The number of fused-ring (bicyclic) bond motifs is 3. The molecule has 3 heterocycles. The normalized spacial score (nSPS) is 20.8. The van der Waals surface area contributed by atoms with Crippen molar-refractivity contribution in [3.8, 4) is 23.3 Å². The molecule has 2 aliphatic rings. The second-order valence-corrected chi connectivity index (χ2v) is 9.61. The first-order valence-electron chi connectivity index (χ1n) is 13.0. The smallest absolute Gasteiger partial charge is 0.222 e. The number of aromatic nitrogens is 3. The van der Waals surface area contributed by atoms with Gasteiger partial charge < -0.3 is 25.3 Å². The highest BCUT2D eigenvalue weighted by Crippen LogP contribution is 2.35. The zero-order valence-electron chi connectivity index (χ0n) is 21.8. The summed E-state index contributed by atoms with van der Waals surface area (Å²) in [5.41, 5.74) is 9.58. The van der Waals surface area contributed by atoms with E-state index in [4.69, 9.17) is 25.0 Å². The molecule has 3 aromatic rings. The Kier molecular flexibility index (Phi) is 7.80. The standard InChI is InChI=1S/C29H33N5O4/c1-36-23-14-19(15-24(17-23)37-2)9-10-25-27-28-20(18-31-29(27)30)6-3-4-12-38-13-11-26(35)32-21-7-5-8-22(16-21)34(28)33-25/h3,6,14-15,17-18,21-22H,4-5,7-8,11-13,16H2,1-2H3,(H2,30,31)(H,32,35)/b6-3+/t21?,22-/m1/s1. The fourth-order valence-electron chi connectivity index (χ4n) is 5.15. The number of nitrogens with two attached hydrogens (primary N) is 1. The second kappa shape index (κ2) is 11.6. The zero-order valence-corrected chi connectivity index (χ0v) is 21.8. The number of benzene rings is 1. The van der Waals surface area contributed by atoms with Gasteiger partial charge in [-0.3, -0.25) is 9.48 Å². The second-order valence-electron chi connectivity index (χ2n) is 9.61. The topological polar surface area (TPSA) is 114 Å². The first kappa shape index (κ1) is 25.6. The van der Waals surface area contributed by atoms with Gasteiger partial charge in [-0.05, 0) is 50.2 Å². The molecular weight excluding hydrogens is 482 g/mol. The van der Waals surface area contributed by atoms with Crippen LogP contribution >= 0.6 is 0 Å². The lowest BCUT2D eigenvalue weighted by Crippen LogP contribution is -2.39. The van der Waals surface area contributed by atoms with Gasteiger partial charge in [-0.2, -0.15) is 5.10 Å². The van der Waals surface area contributed by atoms with E-state index in [1.165, 1.54) is 0 Å². The highest BCUT2D eigenvalue weighted by atomic mass is 16.5. The van der Waals surface area contributed by atoms with Crippen LogP contribution in [0.4, 0.5) is 5.82 Å². The van der Waals surface area contributed by atoms with E-state index in [2.05, 4.69) is 32.9 Å². The number of hydrogen-bond acceptors (Lipinski definition) is 7. The van der Waals surface area contributed by atoms with Crippen LogP contribution < -0.4 is 20.5 Å². The Labute approximate surface area is 222 Å². The van der Waals surface area contributed by atoms with Crippen molar-refractivity contribution in [2.24, 2.45) is 0 Å². The minimum absolute atomic E-state index is 0.0285. The van der Waals surface area contributed by atoms with Crippen LogP contribution in [0.5, 0.6) is 11.5 Å². The lowest BCUT2D eigenvalue weighted by atomic mass is 9.90. The van der Waals surface area contributed by atoms with E-state index in [-0.39, 0.29) is 18.0 Å². The van der Waals surface area contributed by atoms with Gasteiger partial charge in [0.15, 0.2) is 0 Å². The molecule has 0 saturated heterocycles. The monoisotopic (exact) mass is 515 g/mol. The average molecular weight is 516 g/mol. The van der Waals surface area contributed by atoms with Gasteiger partial charge in [0.25, 0.3) is 0 Å². The highest BCUT2D eigenvalue weighted by Gasteiger charge is 2.28. The van der Waals surface area contributed by atoms with Gasteiger partial charge in [0, 0.05) is 35.9 Å². The van der Waals surface area contributed by atoms with Gasteiger partial charge in [-0.25, -0.2) is 4.98 Å². The van der Waals surface area contributed by atoms with Crippen LogP contribution in [0.3, 0.4) is 0 Å². The zero-order chi connectivity index (χ0) is 26.5. The Morgan fingerprint density at radius 1 is 1.13 bits per heavy atom. The molecule has 2 aromatic heterocycles. The molecule has 38 heavy (non-hydrogen) atoms. The number of pyridine rings is 1. The SMILES string of the molecule is COc1cc(C#Cc2nn3c4c(cnc(N)c24)/C=C/CCOCCC(=O)NC2CCC[C@@H]3C2)cc(OC)c1. The van der Waals surface area contributed by atoms with E-state index in [1.54, 1.807) is 26.5 Å². The van der Waals surface area contributed by atoms with E-state index < -0.39 is 0 Å². The summed E-state index contributed by atoms with van der Waals surface area (Å²) in [5, 5.41) is 8.93. The minimum Gasteiger partial charge on any atom is -0.497 e. The van der Waals surface area contributed by atoms with Crippen molar-refractivity contribution in [2.75, 3.05) is 33.2 Å². The Morgan fingerprint density at radius 2 is 1.95 bits per heavy atom. The first-order chi connectivity index (χ1) is 18.6. The van der Waals surface area contributed by atoms with Crippen molar-refractivity contribution in [3.63, 3.8) is 0 Å².